The summed E-state index contributed by atoms with van der Waals surface area (Å²) in [5.41, 5.74) is 5.32. The van der Waals surface area contributed by atoms with Gasteiger partial charge in [-0.15, -0.1) is 0 Å². The smallest absolute Gasteiger partial charge is 0.276 e. The van der Waals surface area contributed by atoms with Gasteiger partial charge in [0.2, 0.25) is 0 Å². The van der Waals surface area contributed by atoms with Crippen molar-refractivity contribution in [2.45, 2.75) is 26.8 Å². The van der Waals surface area contributed by atoms with Crippen LogP contribution >= 0.6 is 0 Å². The second kappa shape index (κ2) is 10.3. The van der Waals surface area contributed by atoms with E-state index in [0.29, 0.717) is 35.7 Å². The predicted octanol–water partition coefficient (Wildman–Crippen LogP) is 5.56. The quantitative estimate of drug-likeness (QED) is 0.393. The Labute approximate surface area is 216 Å². The van der Waals surface area contributed by atoms with E-state index in [4.69, 9.17) is 4.42 Å². The van der Waals surface area contributed by atoms with Crippen molar-refractivity contribution in [2.24, 2.45) is 0 Å². The number of nitrogens with zero attached hydrogens (tertiary/aromatic N) is 3. The van der Waals surface area contributed by atoms with Gasteiger partial charge in [-0.25, -0.2) is 4.98 Å². The molecule has 1 aromatic heterocycles. The van der Waals surface area contributed by atoms with Crippen LogP contribution in [-0.2, 0) is 0 Å². The number of hydrogen-bond acceptors (Lipinski definition) is 5. The number of aryl methyl sites for hydroxylation is 2. The van der Waals surface area contributed by atoms with Gasteiger partial charge >= 0.3 is 0 Å². The van der Waals surface area contributed by atoms with Crippen LogP contribution in [0.5, 0.6) is 0 Å². The van der Waals surface area contributed by atoms with Gasteiger partial charge in [0.05, 0.1) is 5.56 Å². The Balaban J connectivity index is 1.36. The number of nitrogens with one attached hydrogen (secondary N) is 1. The van der Waals surface area contributed by atoms with Crippen LogP contribution in [0, 0.1) is 13.8 Å². The zero-order chi connectivity index (χ0) is 25.9. The van der Waals surface area contributed by atoms with Crippen molar-refractivity contribution in [3.05, 3.63) is 102 Å². The van der Waals surface area contributed by atoms with Gasteiger partial charge in [0, 0.05) is 42.6 Å². The summed E-state index contributed by atoms with van der Waals surface area (Å²) >= 11 is 0. The minimum absolute atomic E-state index is 0.141. The van der Waals surface area contributed by atoms with Crippen molar-refractivity contribution in [3.63, 3.8) is 0 Å². The molecule has 0 aliphatic carbocycles. The molecule has 5 rings (SSSR count). The summed E-state index contributed by atoms with van der Waals surface area (Å²) in [7, 11) is 0. The first-order valence-corrected chi connectivity index (χ1v) is 12.4. The maximum atomic E-state index is 13.6. The molecule has 1 fully saturated rings. The molecule has 0 spiro atoms. The van der Waals surface area contributed by atoms with E-state index in [1.165, 1.54) is 12.0 Å². The molecule has 0 saturated carbocycles. The highest BCUT2D eigenvalue weighted by Crippen LogP contribution is 2.29. The highest BCUT2D eigenvalue weighted by Gasteiger charge is 2.31. The van der Waals surface area contributed by atoms with E-state index in [1.807, 2.05) is 42.2 Å². The molecule has 1 aliphatic rings. The third-order valence-electron chi connectivity index (χ3n) is 6.74. The molecule has 0 bridgehead atoms. The minimum atomic E-state index is -0.283. The molecule has 2 amide bonds. The van der Waals surface area contributed by atoms with Gasteiger partial charge in [0.25, 0.3) is 11.8 Å². The third-order valence-corrected chi connectivity index (χ3v) is 6.74. The summed E-state index contributed by atoms with van der Waals surface area (Å²) in [6.07, 6.45) is 1.27. The lowest BCUT2D eigenvalue weighted by Crippen LogP contribution is -2.54. The first-order chi connectivity index (χ1) is 17.9. The summed E-state index contributed by atoms with van der Waals surface area (Å²) in [6, 6.07) is 23.3. The monoisotopic (exact) mass is 494 g/mol. The number of carbonyl (C=O) groups excluding carboxylic acids is 2. The molecule has 0 unspecified atom stereocenters. The Morgan fingerprint density at radius 2 is 1.73 bits per heavy atom. The molecule has 1 aliphatic heterocycles. The molecule has 2 heterocycles. The summed E-state index contributed by atoms with van der Waals surface area (Å²) in [5, 5.41) is 2.93. The van der Waals surface area contributed by atoms with E-state index in [-0.39, 0.29) is 23.6 Å². The van der Waals surface area contributed by atoms with Gasteiger partial charge < -0.3 is 19.5 Å². The second-order valence-electron chi connectivity index (χ2n) is 9.53. The molecule has 0 radical (unpaired) electrons. The highest BCUT2D eigenvalue weighted by molar-refractivity contribution is 6.10. The molecular weight excluding hydrogens is 464 g/mol. The zero-order valence-electron chi connectivity index (χ0n) is 21.3. The molecule has 1 atom stereocenters. The zero-order valence-corrected chi connectivity index (χ0v) is 21.3. The van der Waals surface area contributed by atoms with Crippen LogP contribution in [0.25, 0.3) is 11.3 Å². The molecule has 1 N–H and O–H groups in total. The van der Waals surface area contributed by atoms with E-state index in [9.17, 15) is 9.59 Å². The minimum Gasteiger partial charge on any atom is -0.443 e. The predicted molar refractivity (Wildman–Crippen MR) is 145 cm³/mol. The lowest BCUT2D eigenvalue weighted by atomic mass is 10.0. The van der Waals surface area contributed by atoms with Gasteiger partial charge in [-0.2, -0.15) is 0 Å². The number of piperazine rings is 1. The fourth-order valence-electron chi connectivity index (χ4n) is 4.79. The molecule has 37 heavy (non-hydrogen) atoms. The molecule has 7 heteroatoms. The maximum Gasteiger partial charge on any atom is 0.276 e. The first-order valence-electron chi connectivity index (χ1n) is 12.4. The molecule has 3 aromatic carbocycles. The normalized spacial score (nSPS) is 15.5. The van der Waals surface area contributed by atoms with Gasteiger partial charge in [-0.05, 0) is 56.7 Å². The second-order valence-corrected chi connectivity index (χ2v) is 9.53. The standard InChI is InChI=1S/C30H30N4O3/c1-20-11-13-23(14-12-20)32-29(35)26-10-5-4-9-25(26)28-27(31-19-37-28)30(36)33-15-16-34(22(3)18-33)24-8-6-7-21(2)17-24/h4-14,17,19,22H,15-16,18H2,1-3H3,(H,32,35)/t22-/m1/s1. The van der Waals surface area contributed by atoms with Crippen LogP contribution in [0.3, 0.4) is 0 Å². The Hall–Kier alpha value is -4.39. The van der Waals surface area contributed by atoms with Crippen LogP contribution in [0.4, 0.5) is 11.4 Å². The number of aromatic nitrogens is 1. The van der Waals surface area contributed by atoms with E-state index < -0.39 is 0 Å². The van der Waals surface area contributed by atoms with Crippen LogP contribution < -0.4 is 10.2 Å². The average Bonchev–Trinajstić information content (AvgIpc) is 3.39. The van der Waals surface area contributed by atoms with Gasteiger partial charge in [0.1, 0.15) is 0 Å². The largest absolute Gasteiger partial charge is 0.443 e. The summed E-state index contributed by atoms with van der Waals surface area (Å²) in [5.74, 6) is -0.184. The third kappa shape index (κ3) is 5.11. The fraction of sp³-hybridized carbons (Fsp3) is 0.233. The maximum absolute atomic E-state index is 13.6. The molecule has 188 valence electrons. The van der Waals surface area contributed by atoms with Gasteiger partial charge in [-0.1, -0.05) is 48.0 Å². The summed E-state index contributed by atoms with van der Waals surface area (Å²) in [6.45, 7) is 8.05. The van der Waals surface area contributed by atoms with Crippen molar-refractivity contribution in [3.8, 4) is 11.3 Å². The number of oxazole rings is 1. The molecule has 7 nitrogen and oxygen atoms in total. The van der Waals surface area contributed by atoms with Crippen LogP contribution in [0.2, 0.25) is 0 Å². The van der Waals surface area contributed by atoms with Crippen molar-refractivity contribution in [1.82, 2.24) is 9.88 Å². The number of hydrogen-bond donors (Lipinski definition) is 1. The number of anilines is 2. The van der Waals surface area contributed by atoms with E-state index in [0.717, 1.165) is 17.8 Å². The van der Waals surface area contributed by atoms with Gasteiger partial charge in [-0.3, -0.25) is 9.59 Å². The van der Waals surface area contributed by atoms with E-state index in [2.05, 4.69) is 53.3 Å². The molecule has 1 saturated heterocycles. The van der Waals surface area contributed by atoms with Crippen molar-refractivity contribution < 1.29 is 14.0 Å². The summed E-state index contributed by atoms with van der Waals surface area (Å²) < 4.78 is 5.70. The Bertz CT molecular complexity index is 1430. The topological polar surface area (TPSA) is 78.7 Å². The van der Waals surface area contributed by atoms with Crippen LogP contribution in [0.1, 0.15) is 38.9 Å². The Kier molecular flexibility index (Phi) is 6.77. The lowest BCUT2D eigenvalue weighted by molar-refractivity contribution is 0.0721. The number of carbonyl (C=O) groups is 2. The van der Waals surface area contributed by atoms with Gasteiger partial charge in [0.15, 0.2) is 17.8 Å². The van der Waals surface area contributed by atoms with Crippen molar-refractivity contribution in [2.75, 3.05) is 29.9 Å². The number of amides is 2. The van der Waals surface area contributed by atoms with Crippen molar-refractivity contribution in [1.29, 1.82) is 0 Å². The average molecular weight is 495 g/mol. The molecule has 4 aromatic rings. The number of rotatable bonds is 5. The van der Waals surface area contributed by atoms with Crippen LogP contribution in [-0.4, -0.2) is 47.4 Å². The highest BCUT2D eigenvalue weighted by atomic mass is 16.3. The summed E-state index contributed by atoms with van der Waals surface area (Å²) in [4.78, 5) is 35.2. The lowest BCUT2D eigenvalue weighted by Gasteiger charge is -2.41. The fourth-order valence-corrected chi connectivity index (χ4v) is 4.79. The van der Waals surface area contributed by atoms with E-state index in [1.54, 1.807) is 18.2 Å². The van der Waals surface area contributed by atoms with Crippen molar-refractivity contribution >= 4 is 23.2 Å². The Morgan fingerprint density at radius 3 is 2.49 bits per heavy atom. The SMILES string of the molecule is Cc1ccc(NC(=O)c2ccccc2-c2ocnc2C(=O)N2CCN(c3cccc(C)c3)[C@H](C)C2)cc1. The molecular formula is C30H30N4O3. The van der Waals surface area contributed by atoms with E-state index >= 15 is 0 Å². The van der Waals surface area contributed by atoms with Crippen LogP contribution in [0.15, 0.2) is 83.6 Å². The first kappa shape index (κ1) is 24.3. The number of benzene rings is 3. The Morgan fingerprint density at radius 1 is 0.946 bits per heavy atom.